The van der Waals surface area contributed by atoms with Crippen LogP contribution in [0.2, 0.25) is 0 Å². The van der Waals surface area contributed by atoms with Gasteiger partial charge in [0.2, 0.25) is 0 Å². The van der Waals surface area contributed by atoms with Gasteiger partial charge < -0.3 is 9.29 Å². The van der Waals surface area contributed by atoms with E-state index >= 15 is 0 Å². The normalized spacial score (nSPS) is 16.4. The Morgan fingerprint density at radius 2 is 2.22 bits per heavy atom. The third kappa shape index (κ3) is 2.76. The summed E-state index contributed by atoms with van der Waals surface area (Å²) in [5, 5.41) is 0. The van der Waals surface area contributed by atoms with Crippen LogP contribution in [0.3, 0.4) is 0 Å². The fourth-order valence-electron chi connectivity index (χ4n) is 1.93. The van der Waals surface area contributed by atoms with Gasteiger partial charge in [-0.3, -0.25) is 4.21 Å². The molecule has 2 rings (SSSR count). The van der Waals surface area contributed by atoms with E-state index in [4.69, 9.17) is 0 Å². The van der Waals surface area contributed by atoms with Crippen molar-refractivity contribution in [1.29, 1.82) is 0 Å². The standard InChI is InChI=1S/C12H13FO4S/c1-17-12(14)10-4-8(6-18(15)16)9(5-11(10)13)7-2-3-7/h4-5,7H,2-3,6H2,1H3,(H,15,16)/p-1. The van der Waals surface area contributed by atoms with Crippen LogP contribution in [0, 0.1) is 5.82 Å². The molecule has 0 saturated heterocycles. The lowest BCUT2D eigenvalue weighted by molar-refractivity contribution is 0.0595. The lowest BCUT2D eigenvalue weighted by atomic mass is 10.0. The molecule has 1 unspecified atom stereocenters. The first-order chi connectivity index (χ1) is 8.52. The minimum Gasteiger partial charge on any atom is -0.772 e. The van der Waals surface area contributed by atoms with Gasteiger partial charge in [0.1, 0.15) is 5.82 Å². The van der Waals surface area contributed by atoms with Crippen LogP contribution in [0.15, 0.2) is 12.1 Å². The number of ether oxygens (including phenoxy) is 1. The maximum absolute atomic E-state index is 13.7. The Kier molecular flexibility index (Phi) is 3.77. The second-order valence-corrected chi connectivity index (χ2v) is 5.14. The molecule has 6 heteroatoms. The second kappa shape index (κ2) is 5.16. The van der Waals surface area contributed by atoms with Gasteiger partial charge in [-0.1, -0.05) is 11.1 Å². The van der Waals surface area contributed by atoms with E-state index in [0.717, 1.165) is 20.0 Å². The molecule has 1 aromatic carbocycles. The third-order valence-corrected chi connectivity index (χ3v) is 3.47. The van der Waals surface area contributed by atoms with Crippen LogP contribution < -0.4 is 0 Å². The Hall–Kier alpha value is -1.27. The van der Waals surface area contributed by atoms with Crippen LogP contribution in [0.25, 0.3) is 0 Å². The predicted octanol–water partition coefficient (Wildman–Crippen LogP) is 1.87. The molecular weight excluding hydrogens is 259 g/mol. The second-order valence-electron chi connectivity index (χ2n) is 4.24. The van der Waals surface area contributed by atoms with Crippen molar-refractivity contribution in [2.24, 2.45) is 0 Å². The molecule has 0 amide bonds. The van der Waals surface area contributed by atoms with Crippen LogP contribution in [0.1, 0.15) is 40.2 Å². The maximum atomic E-state index is 13.7. The van der Waals surface area contributed by atoms with Gasteiger partial charge in [0.15, 0.2) is 0 Å². The third-order valence-electron chi connectivity index (χ3n) is 2.92. The van der Waals surface area contributed by atoms with E-state index in [1.54, 1.807) is 0 Å². The van der Waals surface area contributed by atoms with Crippen LogP contribution >= 0.6 is 0 Å². The van der Waals surface area contributed by atoms with Gasteiger partial charge in [-0.05, 0) is 42.0 Å². The summed E-state index contributed by atoms with van der Waals surface area (Å²) in [6, 6.07) is 2.54. The van der Waals surface area contributed by atoms with Crippen molar-refractivity contribution in [1.82, 2.24) is 0 Å². The summed E-state index contributed by atoms with van der Waals surface area (Å²) in [5.74, 6) is -1.46. The summed E-state index contributed by atoms with van der Waals surface area (Å²) in [6.07, 6.45) is 1.85. The Morgan fingerprint density at radius 3 is 2.72 bits per heavy atom. The largest absolute Gasteiger partial charge is 0.772 e. The van der Waals surface area contributed by atoms with Gasteiger partial charge in [0.25, 0.3) is 0 Å². The fourth-order valence-corrected chi connectivity index (χ4v) is 2.43. The Balaban J connectivity index is 2.45. The highest BCUT2D eigenvalue weighted by atomic mass is 32.2. The highest BCUT2D eigenvalue weighted by molar-refractivity contribution is 7.78. The first-order valence-electron chi connectivity index (χ1n) is 5.49. The molecule has 1 atom stereocenters. The molecular formula is C12H12FO4S-. The SMILES string of the molecule is COC(=O)c1cc(CS(=O)[O-])c(C2CC2)cc1F. The molecule has 1 aliphatic rings. The quantitative estimate of drug-likeness (QED) is 0.619. The summed E-state index contributed by atoms with van der Waals surface area (Å²) in [7, 11) is 1.15. The van der Waals surface area contributed by atoms with E-state index in [1.165, 1.54) is 12.1 Å². The zero-order valence-electron chi connectivity index (χ0n) is 9.77. The van der Waals surface area contributed by atoms with Gasteiger partial charge >= 0.3 is 5.97 Å². The molecule has 4 nitrogen and oxygen atoms in total. The molecule has 1 aromatic rings. The van der Waals surface area contributed by atoms with E-state index in [1.807, 2.05) is 0 Å². The summed E-state index contributed by atoms with van der Waals surface area (Å²) in [5.41, 5.74) is 0.944. The number of carbonyl (C=O) groups is 1. The number of halogens is 1. The number of rotatable bonds is 4. The first-order valence-corrected chi connectivity index (χ1v) is 6.73. The molecule has 1 saturated carbocycles. The summed E-state index contributed by atoms with van der Waals surface area (Å²) >= 11 is -2.27. The van der Waals surface area contributed by atoms with Gasteiger partial charge in [-0.15, -0.1) is 0 Å². The van der Waals surface area contributed by atoms with E-state index in [2.05, 4.69) is 4.74 Å². The number of esters is 1. The number of hydrogen-bond donors (Lipinski definition) is 0. The molecule has 0 bridgehead atoms. The van der Waals surface area contributed by atoms with Crippen LogP contribution in [-0.2, 0) is 21.6 Å². The molecule has 0 aromatic heterocycles. The van der Waals surface area contributed by atoms with Gasteiger partial charge in [0.05, 0.1) is 12.7 Å². The summed E-state index contributed by atoms with van der Waals surface area (Å²) in [6.45, 7) is 0. The van der Waals surface area contributed by atoms with Crippen LogP contribution in [0.4, 0.5) is 4.39 Å². The van der Waals surface area contributed by atoms with Gasteiger partial charge in [-0.2, -0.15) is 0 Å². The topological polar surface area (TPSA) is 66.4 Å². The molecule has 18 heavy (non-hydrogen) atoms. The van der Waals surface area contributed by atoms with Crippen molar-refractivity contribution in [3.05, 3.63) is 34.6 Å². The highest BCUT2D eigenvalue weighted by Crippen LogP contribution is 2.42. The first kappa shape index (κ1) is 13.2. The van der Waals surface area contributed by atoms with E-state index < -0.39 is 22.9 Å². The van der Waals surface area contributed by atoms with E-state index in [9.17, 15) is 17.9 Å². The molecule has 1 aliphatic carbocycles. The Labute approximate surface area is 106 Å². The minimum atomic E-state index is -2.27. The molecule has 0 N–H and O–H groups in total. The molecule has 0 heterocycles. The summed E-state index contributed by atoms with van der Waals surface area (Å²) in [4.78, 5) is 11.4. The predicted molar refractivity (Wildman–Crippen MR) is 62.3 cm³/mol. The number of carbonyl (C=O) groups excluding carboxylic acids is 1. The lowest BCUT2D eigenvalue weighted by Crippen LogP contribution is -2.08. The number of hydrogen-bond acceptors (Lipinski definition) is 4. The molecule has 0 aliphatic heterocycles. The van der Waals surface area contributed by atoms with Crippen LogP contribution in [0.5, 0.6) is 0 Å². The monoisotopic (exact) mass is 271 g/mol. The van der Waals surface area contributed by atoms with Crippen molar-refractivity contribution in [2.75, 3.05) is 7.11 Å². The minimum absolute atomic E-state index is 0.212. The van der Waals surface area contributed by atoms with Crippen LogP contribution in [-0.4, -0.2) is 21.8 Å². The average Bonchev–Trinajstić information content (AvgIpc) is 3.13. The highest BCUT2D eigenvalue weighted by Gasteiger charge is 2.28. The zero-order chi connectivity index (χ0) is 13.3. The van der Waals surface area contributed by atoms with E-state index in [0.29, 0.717) is 11.1 Å². The lowest BCUT2D eigenvalue weighted by Gasteiger charge is -2.13. The molecule has 0 radical (unpaired) electrons. The fraction of sp³-hybridized carbons (Fsp3) is 0.417. The van der Waals surface area contributed by atoms with Crippen molar-refractivity contribution in [2.45, 2.75) is 24.5 Å². The molecule has 98 valence electrons. The molecule has 0 spiro atoms. The van der Waals surface area contributed by atoms with Crippen molar-refractivity contribution in [3.8, 4) is 0 Å². The average molecular weight is 271 g/mol. The van der Waals surface area contributed by atoms with E-state index in [-0.39, 0.29) is 17.2 Å². The van der Waals surface area contributed by atoms with Gasteiger partial charge in [0, 0.05) is 5.75 Å². The van der Waals surface area contributed by atoms with Gasteiger partial charge in [-0.25, -0.2) is 9.18 Å². The molecule has 1 fully saturated rings. The number of methoxy groups -OCH3 is 1. The zero-order valence-corrected chi connectivity index (χ0v) is 10.6. The maximum Gasteiger partial charge on any atom is 0.340 e. The van der Waals surface area contributed by atoms with Crippen molar-refractivity contribution < 1.29 is 22.7 Å². The van der Waals surface area contributed by atoms with Crippen molar-refractivity contribution in [3.63, 3.8) is 0 Å². The summed E-state index contributed by atoms with van der Waals surface area (Å²) < 4.78 is 39.8. The Bertz CT molecular complexity index is 511. The smallest absolute Gasteiger partial charge is 0.340 e. The van der Waals surface area contributed by atoms with Crippen molar-refractivity contribution >= 4 is 17.0 Å². The number of benzene rings is 1. The Morgan fingerprint density at radius 1 is 1.56 bits per heavy atom.